The van der Waals surface area contributed by atoms with E-state index < -0.39 is 29.6 Å². The van der Waals surface area contributed by atoms with Crippen LogP contribution in [0.3, 0.4) is 0 Å². The van der Waals surface area contributed by atoms with Crippen LogP contribution < -0.4 is 5.73 Å². The third kappa shape index (κ3) is 3.08. The fraction of sp³-hybridized carbons (Fsp3) is 0.444. The van der Waals surface area contributed by atoms with Crippen molar-refractivity contribution in [3.05, 3.63) is 58.4 Å². The van der Waals surface area contributed by atoms with E-state index in [1.807, 2.05) is 13.1 Å². The van der Waals surface area contributed by atoms with Crippen LogP contribution in [0.15, 0.2) is 18.3 Å². The predicted molar refractivity (Wildman–Crippen MR) is 87.4 cm³/mol. The van der Waals surface area contributed by atoms with Gasteiger partial charge in [0.1, 0.15) is 17.7 Å². The molecule has 2 N–H and O–H groups in total. The van der Waals surface area contributed by atoms with Crippen molar-refractivity contribution in [3.63, 3.8) is 0 Å². The number of fused-ring (bicyclic) bond motifs is 1. The summed E-state index contributed by atoms with van der Waals surface area (Å²) in [6, 6.07) is 0.888. The second-order valence-electron chi connectivity index (χ2n) is 6.89. The minimum absolute atomic E-state index is 0.0407. The van der Waals surface area contributed by atoms with Crippen LogP contribution in [0, 0.1) is 24.4 Å². The predicted octanol–water partition coefficient (Wildman–Crippen LogP) is 2.38. The van der Waals surface area contributed by atoms with Gasteiger partial charge in [0.15, 0.2) is 11.6 Å². The molecule has 4 rings (SSSR count). The molecule has 1 aromatic carbocycles. The summed E-state index contributed by atoms with van der Waals surface area (Å²) in [5, 5.41) is 0. The maximum absolute atomic E-state index is 14.0. The summed E-state index contributed by atoms with van der Waals surface area (Å²) >= 11 is 0. The van der Waals surface area contributed by atoms with Crippen molar-refractivity contribution in [1.82, 2.24) is 14.9 Å². The highest BCUT2D eigenvalue weighted by Crippen LogP contribution is 2.34. The van der Waals surface area contributed by atoms with Crippen LogP contribution >= 0.6 is 0 Å². The van der Waals surface area contributed by atoms with Crippen molar-refractivity contribution in [1.29, 1.82) is 0 Å². The van der Waals surface area contributed by atoms with E-state index in [1.54, 1.807) is 0 Å². The van der Waals surface area contributed by atoms with Crippen molar-refractivity contribution in [2.75, 3.05) is 6.61 Å². The largest absolute Gasteiger partial charge is 0.370 e. The fourth-order valence-electron chi connectivity index (χ4n) is 3.71. The molecule has 138 valence electrons. The van der Waals surface area contributed by atoms with E-state index in [0.29, 0.717) is 32.2 Å². The number of aryl methyl sites for hydroxylation is 1. The van der Waals surface area contributed by atoms with Gasteiger partial charge in [0.25, 0.3) is 0 Å². The average Bonchev–Trinajstić information content (AvgIpc) is 3.01. The van der Waals surface area contributed by atoms with Gasteiger partial charge in [-0.25, -0.2) is 23.1 Å². The number of hydrogen-bond donors (Lipinski definition) is 1. The molecule has 2 aromatic rings. The summed E-state index contributed by atoms with van der Waals surface area (Å²) < 4.78 is 46.4. The van der Waals surface area contributed by atoms with Crippen LogP contribution in [0.25, 0.3) is 0 Å². The number of hydrogen-bond acceptors (Lipinski definition) is 5. The number of aromatic nitrogens is 2. The molecule has 3 atom stereocenters. The number of nitrogens with two attached hydrogens (primary N) is 1. The lowest BCUT2D eigenvalue weighted by Crippen LogP contribution is -2.47. The summed E-state index contributed by atoms with van der Waals surface area (Å²) in [6.45, 7) is 3.57. The van der Waals surface area contributed by atoms with Gasteiger partial charge in [0.2, 0.25) is 0 Å². The first-order valence-corrected chi connectivity index (χ1v) is 8.49. The third-order valence-electron chi connectivity index (χ3n) is 5.06. The molecular formula is C18H19F3N4O. The number of ether oxygens (including phenoxy) is 1. The van der Waals surface area contributed by atoms with Crippen molar-refractivity contribution in [3.8, 4) is 0 Å². The highest BCUT2D eigenvalue weighted by Gasteiger charge is 2.37. The monoisotopic (exact) mass is 364 g/mol. The Hall–Kier alpha value is -2.03. The molecule has 0 saturated carbocycles. The maximum Gasteiger partial charge on any atom is 0.161 e. The molecule has 8 heteroatoms. The first-order valence-electron chi connectivity index (χ1n) is 8.49. The molecule has 1 saturated heterocycles. The van der Waals surface area contributed by atoms with Gasteiger partial charge in [-0.3, -0.25) is 4.90 Å². The summed E-state index contributed by atoms with van der Waals surface area (Å²) in [7, 11) is 0. The first kappa shape index (κ1) is 17.4. The maximum atomic E-state index is 14.0. The standard InChI is InChI=1S/C18H19F3N4O/c1-9-23-5-10-6-25(7-17(10)24-9)11-2-16(22)18(26-8-11)12-3-14(20)15(21)4-13(12)19/h3-5,11,16,18H,2,6-8,22H2,1H3/t11?,16?,18-/m1/s1. The van der Waals surface area contributed by atoms with Gasteiger partial charge in [0, 0.05) is 48.6 Å². The van der Waals surface area contributed by atoms with Crippen molar-refractivity contribution in [2.24, 2.45) is 5.73 Å². The van der Waals surface area contributed by atoms with E-state index in [9.17, 15) is 13.2 Å². The Kier molecular flexibility index (Phi) is 4.42. The van der Waals surface area contributed by atoms with E-state index in [1.165, 1.54) is 0 Å². The molecule has 1 fully saturated rings. The zero-order valence-corrected chi connectivity index (χ0v) is 14.3. The second-order valence-corrected chi connectivity index (χ2v) is 6.89. The molecule has 0 spiro atoms. The molecule has 3 heterocycles. The molecule has 0 radical (unpaired) electrons. The van der Waals surface area contributed by atoms with Gasteiger partial charge < -0.3 is 10.5 Å². The van der Waals surface area contributed by atoms with Crippen LogP contribution in [0.1, 0.15) is 35.2 Å². The summed E-state index contributed by atoms with van der Waals surface area (Å²) in [4.78, 5) is 10.9. The molecule has 0 aliphatic carbocycles. The number of rotatable bonds is 2. The second kappa shape index (κ2) is 6.61. The van der Waals surface area contributed by atoms with Gasteiger partial charge in [-0.15, -0.1) is 0 Å². The molecule has 5 nitrogen and oxygen atoms in total. The van der Waals surface area contributed by atoms with E-state index >= 15 is 0 Å². The quantitative estimate of drug-likeness (QED) is 0.829. The number of benzene rings is 1. The van der Waals surface area contributed by atoms with Gasteiger partial charge in [0.05, 0.1) is 12.3 Å². The molecule has 2 unspecified atom stereocenters. The average molecular weight is 364 g/mol. The normalized spacial score (nSPS) is 26.1. The van der Waals surface area contributed by atoms with Crippen LogP contribution in [-0.2, 0) is 17.8 Å². The first-order chi connectivity index (χ1) is 12.4. The van der Waals surface area contributed by atoms with Crippen LogP contribution in [0.4, 0.5) is 13.2 Å². The molecule has 26 heavy (non-hydrogen) atoms. The zero-order valence-electron chi connectivity index (χ0n) is 14.3. The third-order valence-corrected chi connectivity index (χ3v) is 5.06. The lowest BCUT2D eigenvalue weighted by Gasteiger charge is -2.38. The van der Waals surface area contributed by atoms with Gasteiger partial charge >= 0.3 is 0 Å². The Labute approximate surface area is 149 Å². The molecule has 0 amide bonds. The highest BCUT2D eigenvalue weighted by molar-refractivity contribution is 5.25. The van der Waals surface area contributed by atoms with Crippen LogP contribution in [0.2, 0.25) is 0 Å². The lowest BCUT2D eigenvalue weighted by molar-refractivity contribution is -0.0532. The van der Waals surface area contributed by atoms with Gasteiger partial charge in [-0.05, 0) is 19.4 Å². The summed E-state index contributed by atoms with van der Waals surface area (Å²) in [5.41, 5.74) is 8.23. The Morgan fingerprint density at radius 2 is 1.92 bits per heavy atom. The lowest BCUT2D eigenvalue weighted by atomic mass is 9.93. The van der Waals surface area contributed by atoms with Gasteiger partial charge in [-0.2, -0.15) is 0 Å². The fourth-order valence-corrected chi connectivity index (χ4v) is 3.71. The van der Waals surface area contributed by atoms with Crippen LogP contribution in [0.5, 0.6) is 0 Å². The SMILES string of the molecule is Cc1ncc2c(n1)CN(C1CO[C@H](c3cc(F)c(F)cc3F)C(N)C1)C2. The number of halogens is 3. The molecular weight excluding hydrogens is 345 g/mol. The van der Waals surface area contributed by atoms with Gasteiger partial charge in [-0.1, -0.05) is 0 Å². The number of nitrogens with zero attached hydrogens (tertiary/aromatic N) is 3. The van der Waals surface area contributed by atoms with Crippen molar-refractivity contribution >= 4 is 0 Å². The smallest absolute Gasteiger partial charge is 0.161 e. The molecule has 2 aliphatic rings. The van der Waals surface area contributed by atoms with Crippen molar-refractivity contribution < 1.29 is 17.9 Å². The van der Waals surface area contributed by atoms with E-state index in [-0.39, 0.29) is 11.6 Å². The Morgan fingerprint density at radius 3 is 2.69 bits per heavy atom. The zero-order chi connectivity index (χ0) is 18.4. The minimum atomic E-state index is -1.22. The van der Waals surface area contributed by atoms with E-state index in [4.69, 9.17) is 10.5 Å². The minimum Gasteiger partial charge on any atom is -0.370 e. The topological polar surface area (TPSA) is 64.3 Å². The van der Waals surface area contributed by atoms with Crippen LogP contribution in [-0.4, -0.2) is 33.6 Å². The Morgan fingerprint density at radius 1 is 1.15 bits per heavy atom. The van der Waals surface area contributed by atoms with Crippen molar-refractivity contribution in [2.45, 2.75) is 44.6 Å². The molecule has 1 aromatic heterocycles. The van der Waals surface area contributed by atoms with E-state index in [2.05, 4.69) is 14.9 Å². The summed E-state index contributed by atoms with van der Waals surface area (Å²) in [5.74, 6) is -2.44. The summed E-state index contributed by atoms with van der Waals surface area (Å²) in [6.07, 6.45) is 1.60. The molecule has 0 bridgehead atoms. The van der Waals surface area contributed by atoms with E-state index in [0.717, 1.165) is 23.1 Å². The Bertz CT molecular complexity index is 847. The molecule has 2 aliphatic heterocycles. The Balaban J connectivity index is 1.47. The highest BCUT2D eigenvalue weighted by atomic mass is 19.2.